The Labute approximate surface area is 117 Å². The van der Waals surface area contributed by atoms with E-state index in [1.165, 1.54) is 12.1 Å². The normalized spacial score (nSPS) is 10.9. The fourth-order valence-corrected chi connectivity index (χ4v) is 2.23. The molecule has 0 atom stereocenters. The molecule has 2 nitrogen and oxygen atoms in total. The number of halogens is 1. The third-order valence-electron chi connectivity index (χ3n) is 3.40. The predicted molar refractivity (Wildman–Crippen MR) is 74.9 cm³/mol. The molecule has 0 unspecified atom stereocenters. The van der Waals surface area contributed by atoms with Crippen molar-refractivity contribution in [3.63, 3.8) is 0 Å². The van der Waals surface area contributed by atoms with E-state index in [4.69, 9.17) is 5.26 Å². The lowest BCUT2D eigenvalue weighted by molar-refractivity contribution is 0.0908. The maximum absolute atomic E-state index is 13.7. The molecule has 0 bridgehead atoms. The van der Waals surface area contributed by atoms with Gasteiger partial charge in [0.05, 0.1) is 11.0 Å². The minimum Gasteiger partial charge on any atom is -0.293 e. The Morgan fingerprint density at radius 3 is 2.35 bits per heavy atom. The maximum Gasteiger partial charge on any atom is 0.172 e. The summed E-state index contributed by atoms with van der Waals surface area (Å²) in [4.78, 5) is 12.6. The first-order valence-electron chi connectivity index (χ1n) is 6.27. The number of benzene rings is 2. The van der Waals surface area contributed by atoms with Gasteiger partial charge in [-0.25, -0.2) is 4.39 Å². The Morgan fingerprint density at radius 1 is 1.10 bits per heavy atom. The zero-order chi connectivity index (χ0) is 14.8. The summed E-state index contributed by atoms with van der Waals surface area (Å²) >= 11 is 0. The Morgan fingerprint density at radius 2 is 1.75 bits per heavy atom. The average Bonchev–Trinajstić information content (AvgIpc) is 2.47. The molecular formula is C17H14FNO. The third-order valence-corrected chi connectivity index (χ3v) is 3.40. The molecule has 2 aromatic rings. The van der Waals surface area contributed by atoms with Crippen molar-refractivity contribution in [3.8, 4) is 6.07 Å². The molecule has 0 radical (unpaired) electrons. The van der Waals surface area contributed by atoms with Gasteiger partial charge < -0.3 is 0 Å². The smallest absolute Gasteiger partial charge is 0.172 e. The zero-order valence-corrected chi connectivity index (χ0v) is 11.4. The highest BCUT2D eigenvalue weighted by atomic mass is 19.1. The minimum absolute atomic E-state index is 0.0678. The van der Waals surface area contributed by atoms with Crippen molar-refractivity contribution in [3.05, 3.63) is 71.0 Å². The summed E-state index contributed by atoms with van der Waals surface area (Å²) in [5, 5.41) is 9.11. The van der Waals surface area contributed by atoms with Gasteiger partial charge in [0.25, 0.3) is 0 Å². The van der Waals surface area contributed by atoms with Crippen LogP contribution in [0.2, 0.25) is 0 Å². The van der Waals surface area contributed by atoms with E-state index >= 15 is 0 Å². The fraction of sp³-hybridized carbons (Fsp3) is 0.176. The van der Waals surface area contributed by atoms with E-state index in [1.54, 1.807) is 44.2 Å². The quantitative estimate of drug-likeness (QED) is 0.792. The van der Waals surface area contributed by atoms with Gasteiger partial charge in [0, 0.05) is 5.56 Å². The second-order valence-electron chi connectivity index (χ2n) is 5.09. The molecule has 2 aromatic carbocycles. The van der Waals surface area contributed by atoms with E-state index in [0.717, 1.165) is 0 Å². The maximum atomic E-state index is 13.7. The van der Waals surface area contributed by atoms with Crippen LogP contribution in [0.1, 0.15) is 35.3 Å². The Balaban J connectivity index is 2.54. The first-order chi connectivity index (χ1) is 9.48. The van der Waals surface area contributed by atoms with E-state index in [1.807, 2.05) is 12.1 Å². The van der Waals surface area contributed by atoms with Gasteiger partial charge in [0.2, 0.25) is 0 Å². The average molecular weight is 267 g/mol. The van der Waals surface area contributed by atoms with Gasteiger partial charge in [-0.05, 0) is 25.5 Å². The molecule has 0 spiro atoms. The summed E-state index contributed by atoms with van der Waals surface area (Å²) in [6.07, 6.45) is 0. The number of ketones is 1. The third kappa shape index (κ3) is 2.33. The molecule has 2 rings (SSSR count). The van der Waals surface area contributed by atoms with Crippen LogP contribution in [0.15, 0.2) is 48.5 Å². The van der Waals surface area contributed by atoms with Crippen molar-refractivity contribution < 1.29 is 9.18 Å². The Bertz CT molecular complexity index is 684. The number of hydrogen-bond donors (Lipinski definition) is 0. The van der Waals surface area contributed by atoms with Crippen LogP contribution in [0.3, 0.4) is 0 Å². The van der Waals surface area contributed by atoms with Crippen LogP contribution in [-0.2, 0) is 5.41 Å². The van der Waals surface area contributed by atoms with E-state index in [-0.39, 0.29) is 11.3 Å². The van der Waals surface area contributed by atoms with E-state index in [2.05, 4.69) is 0 Å². The molecule has 3 heteroatoms. The lowest BCUT2D eigenvalue weighted by atomic mass is 9.76. The fourth-order valence-electron chi connectivity index (χ4n) is 2.23. The molecule has 0 fully saturated rings. The largest absolute Gasteiger partial charge is 0.293 e. The van der Waals surface area contributed by atoms with Gasteiger partial charge in [0.1, 0.15) is 11.9 Å². The molecule has 0 saturated heterocycles. The van der Waals surface area contributed by atoms with Crippen molar-refractivity contribution in [2.75, 3.05) is 0 Å². The van der Waals surface area contributed by atoms with Gasteiger partial charge in [-0.1, -0.05) is 42.5 Å². The number of nitrogens with zero attached hydrogens (tertiary/aromatic N) is 1. The van der Waals surface area contributed by atoms with Crippen LogP contribution in [0.5, 0.6) is 0 Å². The number of nitriles is 1. The van der Waals surface area contributed by atoms with Crippen LogP contribution < -0.4 is 0 Å². The molecule has 0 aliphatic carbocycles. The molecule has 100 valence electrons. The standard InChI is InChI=1S/C17H14FNO/c1-17(2,16(20)12-7-4-3-5-8-12)14-9-6-10-15(18)13(14)11-19/h3-10H,1-2H3. The molecule has 0 N–H and O–H groups in total. The van der Waals surface area contributed by atoms with Gasteiger partial charge in [-0.15, -0.1) is 0 Å². The van der Waals surface area contributed by atoms with Crippen molar-refractivity contribution >= 4 is 5.78 Å². The number of hydrogen-bond acceptors (Lipinski definition) is 2. The monoisotopic (exact) mass is 267 g/mol. The van der Waals surface area contributed by atoms with Crippen molar-refractivity contribution in [1.82, 2.24) is 0 Å². The lowest BCUT2D eigenvalue weighted by Gasteiger charge is -2.25. The van der Waals surface area contributed by atoms with Crippen LogP contribution in [-0.4, -0.2) is 5.78 Å². The summed E-state index contributed by atoms with van der Waals surface area (Å²) in [5.41, 5.74) is -0.0737. The summed E-state index contributed by atoms with van der Waals surface area (Å²) in [6, 6.07) is 15.0. The molecule has 0 heterocycles. The van der Waals surface area contributed by atoms with Crippen LogP contribution in [0.25, 0.3) is 0 Å². The molecule has 0 aromatic heterocycles. The summed E-state index contributed by atoms with van der Waals surface area (Å²) in [5.74, 6) is -0.737. The highest BCUT2D eigenvalue weighted by Gasteiger charge is 2.33. The first-order valence-corrected chi connectivity index (χ1v) is 6.27. The van der Waals surface area contributed by atoms with Gasteiger partial charge >= 0.3 is 0 Å². The predicted octanol–water partition coefficient (Wildman–Crippen LogP) is 3.86. The molecule has 0 amide bonds. The SMILES string of the molecule is CC(C)(C(=O)c1ccccc1)c1cccc(F)c1C#N. The first kappa shape index (κ1) is 14.0. The van der Waals surface area contributed by atoms with Gasteiger partial charge in [-0.3, -0.25) is 4.79 Å². The molecule has 0 aliphatic rings. The van der Waals surface area contributed by atoms with Crippen molar-refractivity contribution in [2.45, 2.75) is 19.3 Å². The lowest BCUT2D eigenvalue weighted by Crippen LogP contribution is -2.30. The summed E-state index contributed by atoms with van der Waals surface area (Å²) < 4.78 is 13.7. The Kier molecular flexibility index (Phi) is 3.67. The number of Topliss-reactive ketones (excluding diaryl/α,β-unsaturated/α-hetero) is 1. The molecule has 20 heavy (non-hydrogen) atoms. The highest BCUT2D eigenvalue weighted by molar-refractivity contribution is 6.03. The van der Waals surface area contributed by atoms with Crippen molar-refractivity contribution in [2.24, 2.45) is 0 Å². The van der Waals surface area contributed by atoms with Crippen LogP contribution >= 0.6 is 0 Å². The number of carbonyl (C=O) groups excluding carboxylic acids is 1. The van der Waals surface area contributed by atoms with Crippen molar-refractivity contribution in [1.29, 1.82) is 5.26 Å². The number of rotatable bonds is 3. The van der Waals surface area contributed by atoms with Crippen LogP contribution in [0, 0.1) is 17.1 Å². The molecule has 0 saturated carbocycles. The van der Waals surface area contributed by atoms with E-state index in [0.29, 0.717) is 11.1 Å². The molecule has 0 aliphatic heterocycles. The Hall–Kier alpha value is -2.47. The highest BCUT2D eigenvalue weighted by Crippen LogP contribution is 2.31. The van der Waals surface area contributed by atoms with E-state index < -0.39 is 11.2 Å². The summed E-state index contributed by atoms with van der Waals surface area (Å²) in [7, 11) is 0. The van der Waals surface area contributed by atoms with Gasteiger partial charge in [0.15, 0.2) is 5.78 Å². The second kappa shape index (κ2) is 5.26. The number of carbonyl (C=O) groups is 1. The van der Waals surface area contributed by atoms with E-state index in [9.17, 15) is 9.18 Å². The topological polar surface area (TPSA) is 40.9 Å². The van der Waals surface area contributed by atoms with Crippen LogP contribution in [0.4, 0.5) is 4.39 Å². The molecular weight excluding hydrogens is 253 g/mol. The minimum atomic E-state index is -0.964. The second-order valence-corrected chi connectivity index (χ2v) is 5.09. The summed E-state index contributed by atoms with van der Waals surface area (Å²) in [6.45, 7) is 3.41. The van der Waals surface area contributed by atoms with Gasteiger partial charge in [-0.2, -0.15) is 5.26 Å². The zero-order valence-electron chi connectivity index (χ0n) is 11.4.